The summed E-state index contributed by atoms with van der Waals surface area (Å²) >= 11 is 1.16. The largest absolute Gasteiger partial charge is 0.405 e. The van der Waals surface area contributed by atoms with Gasteiger partial charge in [0.1, 0.15) is 6.54 Å². The Morgan fingerprint density at radius 2 is 2.22 bits per heavy atom. The SMILES string of the molecule is O=C(NCC(F)(F)F)c1csc(C#CCCO)c1. The van der Waals surface area contributed by atoms with Gasteiger partial charge in [-0.05, 0) is 6.07 Å². The van der Waals surface area contributed by atoms with E-state index in [9.17, 15) is 18.0 Å². The van der Waals surface area contributed by atoms with Gasteiger partial charge >= 0.3 is 6.18 Å². The average molecular weight is 277 g/mol. The molecule has 0 saturated carbocycles. The quantitative estimate of drug-likeness (QED) is 0.827. The second-order valence-corrected chi connectivity index (χ2v) is 4.18. The molecule has 0 aliphatic rings. The summed E-state index contributed by atoms with van der Waals surface area (Å²) in [6.07, 6.45) is -4.11. The molecule has 0 aliphatic carbocycles. The van der Waals surface area contributed by atoms with Gasteiger partial charge in [0, 0.05) is 11.8 Å². The van der Waals surface area contributed by atoms with Crippen LogP contribution < -0.4 is 5.32 Å². The summed E-state index contributed by atoms with van der Waals surface area (Å²) in [6, 6.07) is 1.42. The van der Waals surface area contributed by atoms with Gasteiger partial charge in [-0.3, -0.25) is 4.79 Å². The lowest BCUT2D eigenvalue weighted by Crippen LogP contribution is -2.33. The molecular weight excluding hydrogens is 267 g/mol. The van der Waals surface area contributed by atoms with E-state index in [0.717, 1.165) is 11.3 Å². The number of thiophene rings is 1. The van der Waals surface area contributed by atoms with Crippen molar-refractivity contribution in [3.8, 4) is 11.8 Å². The van der Waals surface area contributed by atoms with Gasteiger partial charge in [-0.2, -0.15) is 13.2 Å². The predicted molar refractivity (Wildman–Crippen MR) is 61.3 cm³/mol. The van der Waals surface area contributed by atoms with Crippen molar-refractivity contribution in [3.63, 3.8) is 0 Å². The van der Waals surface area contributed by atoms with E-state index in [-0.39, 0.29) is 12.2 Å². The molecule has 1 heterocycles. The fourth-order valence-electron chi connectivity index (χ4n) is 1.01. The minimum Gasteiger partial charge on any atom is -0.395 e. The first-order valence-electron chi connectivity index (χ1n) is 4.95. The van der Waals surface area contributed by atoms with Crippen LogP contribution in [0.1, 0.15) is 21.7 Å². The monoisotopic (exact) mass is 277 g/mol. The number of carbonyl (C=O) groups is 1. The van der Waals surface area contributed by atoms with E-state index < -0.39 is 18.6 Å². The third kappa shape index (κ3) is 5.21. The minimum atomic E-state index is -4.42. The lowest BCUT2D eigenvalue weighted by molar-refractivity contribution is -0.123. The zero-order chi connectivity index (χ0) is 13.6. The summed E-state index contributed by atoms with van der Waals surface area (Å²) in [5.41, 5.74) is 0.151. The molecule has 1 aromatic heterocycles. The standard InChI is InChI=1S/C11H10F3NO2S/c12-11(13,14)7-15-10(17)8-5-9(18-6-8)3-1-2-4-16/h5-6,16H,2,4,7H2,(H,15,17). The molecule has 2 N–H and O–H groups in total. The zero-order valence-corrected chi connectivity index (χ0v) is 9.99. The van der Waals surface area contributed by atoms with Crippen LogP contribution in [0.25, 0.3) is 0 Å². The third-order valence-electron chi connectivity index (χ3n) is 1.76. The summed E-state index contributed by atoms with van der Waals surface area (Å²) < 4.78 is 35.7. The van der Waals surface area contributed by atoms with Crippen molar-refractivity contribution < 1.29 is 23.1 Å². The molecule has 18 heavy (non-hydrogen) atoms. The number of rotatable bonds is 3. The van der Waals surface area contributed by atoms with Crippen LogP contribution in [0.2, 0.25) is 0 Å². The first-order chi connectivity index (χ1) is 8.42. The molecule has 0 bridgehead atoms. The number of amides is 1. The van der Waals surface area contributed by atoms with E-state index >= 15 is 0 Å². The van der Waals surface area contributed by atoms with Crippen molar-refractivity contribution in [2.75, 3.05) is 13.2 Å². The van der Waals surface area contributed by atoms with E-state index in [0.29, 0.717) is 11.3 Å². The fourth-order valence-corrected chi connectivity index (χ4v) is 1.76. The van der Waals surface area contributed by atoms with Gasteiger partial charge in [-0.25, -0.2) is 0 Å². The highest BCUT2D eigenvalue weighted by molar-refractivity contribution is 7.10. The molecule has 0 unspecified atom stereocenters. The average Bonchev–Trinajstić information content (AvgIpc) is 2.74. The topological polar surface area (TPSA) is 49.3 Å². The number of carbonyl (C=O) groups excluding carboxylic acids is 1. The molecule has 0 saturated heterocycles. The Balaban J connectivity index is 2.58. The molecule has 1 rings (SSSR count). The third-order valence-corrected chi connectivity index (χ3v) is 2.61. The van der Waals surface area contributed by atoms with Crippen LogP contribution in [-0.4, -0.2) is 30.3 Å². The number of alkyl halides is 3. The molecule has 1 aromatic rings. The van der Waals surface area contributed by atoms with Crippen molar-refractivity contribution in [1.82, 2.24) is 5.32 Å². The molecule has 0 radical (unpaired) electrons. The summed E-state index contributed by atoms with van der Waals surface area (Å²) in [4.78, 5) is 11.9. The molecule has 0 atom stereocenters. The highest BCUT2D eigenvalue weighted by atomic mass is 32.1. The number of aliphatic hydroxyl groups excluding tert-OH is 1. The second kappa shape index (κ2) is 6.42. The normalized spacial score (nSPS) is 10.7. The van der Waals surface area contributed by atoms with Gasteiger partial charge in [0.25, 0.3) is 5.91 Å². The summed E-state index contributed by atoms with van der Waals surface area (Å²) in [5, 5.41) is 11.7. The zero-order valence-electron chi connectivity index (χ0n) is 9.17. The van der Waals surface area contributed by atoms with Gasteiger partial charge < -0.3 is 10.4 Å². The van der Waals surface area contributed by atoms with Crippen LogP contribution >= 0.6 is 11.3 Å². The van der Waals surface area contributed by atoms with E-state index in [1.807, 2.05) is 0 Å². The van der Waals surface area contributed by atoms with Crippen molar-refractivity contribution >= 4 is 17.2 Å². The van der Waals surface area contributed by atoms with Gasteiger partial charge in [0.15, 0.2) is 0 Å². The van der Waals surface area contributed by atoms with Gasteiger partial charge in [-0.1, -0.05) is 11.8 Å². The highest BCUT2D eigenvalue weighted by Gasteiger charge is 2.27. The predicted octanol–water partition coefficient (Wildman–Crippen LogP) is 1.77. The Hall–Kier alpha value is -1.52. The van der Waals surface area contributed by atoms with Gasteiger partial charge in [0.05, 0.1) is 17.0 Å². The van der Waals surface area contributed by atoms with Crippen LogP contribution in [0, 0.1) is 11.8 Å². The minimum absolute atomic E-state index is 0.0582. The number of hydrogen-bond donors (Lipinski definition) is 2. The van der Waals surface area contributed by atoms with Crippen LogP contribution in [0.4, 0.5) is 13.2 Å². The van der Waals surface area contributed by atoms with E-state index in [2.05, 4.69) is 11.8 Å². The Morgan fingerprint density at radius 1 is 1.50 bits per heavy atom. The highest BCUT2D eigenvalue weighted by Crippen LogP contribution is 2.15. The number of aliphatic hydroxyl groups is 1. The van der Waals surface area contributed by atoms with Crippen molar-refractivity contribution in [1.29, 1.82) is 0 Å². The smallest absolute Gasteiger partial charge is 0.395 e. The first-order valence-corrected chi connectivity index (χ1v) is 5.83. The molecule has 3 nitrogen and oxygen atoms in total. The van der Waals surface area contributed by atoms with Gasteiger partial charge in [0.2, 0.25) is 0 Å². The van der Waals surface area contributed by atoms with E-state index in [1.165, 1.54) is 11.4 Å². The maximum absolute atomic E-state index is 11.9. The number of halogens is 3. The lowest BCUT2D eigenvalue weighted by Gasteiger charge is -2.06. The van der Waals surface area contributed by atoms with Crippen LogP contribution in [0.15, 0.2) is 11.4 Å². The van der Waals surface area contributed by atoms with E-state index in [4.69, 9.17) is 5.11 Å². The summed E-state index contributed by atoms with van der Waals surface area (Å²) in [6.45, 7) is -1.41. The van der Waals surface area contributed by atoms with Crippen molar-refractivity contribution in [3.05, 3.63) is 21.9 Å². The van der Waals surface area contributed by atoms with Crippen molar-refractivity contribution in [2.45, 2.75) is 12.6 Å². The Bertz CT molecular complexity index is 471. The molecule has 0 fully saturated rings. The molecule has 1 amide bonds. The molecule has 0 aliphatic heterocycles. The van der Waals surface area contributed by atoms with E-state index in [1.54, 1.807) is 5.32 Å². The maximum atomic E-state index is 11.9. The second-order valence-electron chi connectivity index (χ2n) is 3.27. The van der Waals surface area contributed by atoms with Crippen LogP contribution in [0.5, 0.6) is 0 Å². The summed E-state index contributed by atoms with van der Waals surface area (Å²) in [7, 11) is 0. The first kappa shape index (κ1) is 14.5. The molecule has 7 heteroatoms. The van der Waals surface area contributed by atoms with Crippen molar-refractivity contribution in [2.24, 2.45) is 0 Å². The van der Waals surface area contributed by atoms with Crippen LogP contribution in [0.3, 0.4) is 0 Å². The molecule has 98 valence electrons. The number of nitrogens with one attached hydrogen (secondary N) is 1. The van der Waals surface area contributed by atoms with Crippen LogP contribution in [-0.2, 0) is 0 Å². The maximum Gasteiger partial charge on any atom is 0.405 e. The fraction of sp³-hybridized carbons (Fsp3) is 0.364. The lowest BCUT2D eigenvalue weighted by atomic mass is 10.3. The molecule has 0 aromatic carbocycles. The molecule has 0 spiro atoms. The van der Waals surface area contributed by atoms with Gasteiger partial charge in [-0.15, -0.1) is 11.3 Å². The number of hydrogen-bond acceptors (Lipinski definition) is 3. The Kier molecular flexibility index (Phi) is 5.19. The Morgan fingerprint density at radius 3 is 2.83 bits per heavy atom. The molecular formula is C11H10F3NO2S. The summed E-state index contributed by atoms with van der Waals surface area (Å²) in [5.74, 6) is 4.58. The Labute approximate surface area is 106 Å².